The molecule has 148 valence electrons. The summed E-state index contributed by atoms with van der Waals surface area (Å²) in [4.78, 5) is 31.2. The number of nitrogens with one attached hydrogen (secondary N) is 1. The molecule has 0 aliphatic carbocycles. The molecule has 0 bridgehead atoms. The van der Waals surface area contributed by atoms with Gasteiger partial charge in [-0.1, -0.05) is 13.8 Å². The van der Waals surface area contributed by atoms with E-state index in [1.54, 1.807) is 28.4 Å². The number of fused-ring (bicyclic) bond motifs is 1. The first-order valence-electron chi connectivity index (χ1n) is 9.43. The molecule has 1 aromatic carbocycles. The zero-order valence-corrected chi connectivity index (χ0v) is 16.8. The standard InChI is InChI=1S/C20H23N3O4S/c1-12(2)20-22-14(11-28-20)9-21-19(25)13-7-18(24)23(10-13)15-3-4-16-17(8-15)27-6-5-26-16/h3-4,8,11-13H,5-7,9-10H2,1-2H3,(H,21,25). The number of rotatable bonds is 5. The Balaban J connectivity index is 1.37. The van der Waals surface area contributed by atoms with E-state index in [0.717, 1.165) is 16.4 Å². The predicted octanol–water partition coefficient (Wildman–Crippen LogP) is 2.71. The third-order valence-corrected chi connectivity index (χ3v) is 6.03. The molecular weight excluding hydrogens is 378 g/mol. The molecule has 8 heteroatoms. The molecule has 1 atom stereocenters. The van der Waals surface area contributed by atoms with Gasteiger partial charge in [0.2, 0.25) is 11.8 Å². The van der Waals surface area contributed by atoms with Gasteiger partial charge < -0.3 is 19.7 Å². The third kappa shape index (κ3) is 3.82. The molecule has 3 heterocycles. The Morgan fingerprint density at radius 1 is 1.32 bits per heavy atom. The van der Waals surface area contributed by atoms with Crippen LogP contribution in [0.15, 0.2) is 23.6 Å². The minimum Gasteiger partial charge on any atom is -0.486 e. The number of amides is 2. The fraction of sp³-hybridized carbons (Fsp3) is 0.450. The highest BCUT2D eigenvalue weighted by Crippen LogP contribution is 2.36. The van der Waals surface area contributed by atoms with Crippen molar-refractivity contribution in [2.75, 3.05) is 24.7 Å². The summed E-state index contributed by atoms with van der Waals surface area (Å²) in [6, 6.07) is 5.43. The lowest BCUT2D eigenvalue weighted by Crippen LogP contribution is -2.32. The highest BCUT2D eigenvalue weighted by molar-refractivity contribution is 7.09. The van der Waals surface area contributed by atoms with Crippen LogP contribution in [0.3, 0.4) is 0 Å². The van der Waals surface area contributed by atoms with Gasteiger partial charge in [0.15, 0.2) is 11.5 Å². The molecule has 0 spiro atoms. The van der Waals surface area contributed by atoms with Gasteiger partial charge in [-0.15, -0.1) is 11.3 Å². The number of ether oxygens (including phenoxy) is 2. The zero-order valence-electron chi connectivity index (χ0n) is 15.9. The number of carbonyl (C=O) groups excluding carboxylic acids is 2. The van der Waals surface area contributed by atoms with Gasteiger partial charge in [-0.25, -0.2) is 4.98 Å². The van der Waals surface area contributed by atoms with Crippen molar-refractivity contribution in [1.82, 2.24) is 10.3 Å². The Morgan fingerprint density at radius 2 is 2.11 bits per heavy atom. The molecule has 4 rings (SSSR count). The van der Waals surface area contributed by atoms with E-state index < -0.39 is 0 Å². The Kier molecular flexibility index (Phi) is 5.21. The van der Waals surface area contributed by atoms with Crippen molar-refractivity contribution in [3.63, 3.8) is 0 Å². The van der Waals surface area contributed by atoms with Gasteiger partial charge >= 0.3 is 0 Å². The third-order valence-electron chi connectivity index (χ3n) is 4.84. The molecule has 1 N–H and O–H groups in total. The van der Waals surface area contributed by atoms with Crippen LogP contribution in [-0.2, 0) is 16.1 Å². The van der Waals surface area contributed by atoms with Crippen LogP contribution in [-0.4, -0.2) is 36.6 Å². The van der Waals surface area contributed by atoms with Crippen molar-refractivity contribution < 1.29 is 19.1 Å². The molecule has 2 aromatic rings. The van der Waals surface area contributed by atoms with Crippen LogP contribution in [0, 0.1) is 5.92 Å². The number of thiazole rings is 1. The van der Waals surface area contributed by atoms with Crippen molar-refractivity contribution in [2.45, 2.75) is 32.7 Å². The quantitative estimate of drug-likeness (QED) is 0.833. The van der Waals surface area contributed by atoms with E-state index in [1.165, 1.54) is 0 Å². The van der Waals surface area contributed by atoms with Gasteiger partial charge in [-0.05, 0) is 12.1 Å². The number of benzene rings is 1. The smallest absolute Gasteiger partial charge is 0.227 e. The fourth-order valence-electron chi connectivity index (χ4n) is 3.32. The normalized spacial score (nSPS) is 18.6. The summed E-state index contributed by atoms with van der Waals surface area (Å²) in [5.41, 5.74) is 1.58. The average Bonchev–Trinajstić information content (AvgIpc) is 3.33. The monoisotopic (exact) mass is 401 g/mol. The lowest BCUT2D eigenvalue weighted by molar-refractivity contribution is -0.126. The maximum atomic E-state index is 12.6. The molecule has 1 fully saturated rings. The highest BCUT2D eigenvalue weighted by atomic mass is 32.1. The molecule has 2 aliphatic heterocycles. The second-order valence-corrected chi connectivity index (χ2v) is 8.17. The van der Waals surface area contributed by atoms with Gasteiger partial charge in [0, 0.05) is 36.0 Å². The van der Waals surface area contributed by atoms with Crippen LogP contribution in [0.4, 0.5) is 5.69 Å². The van der Waals surface area contributed by atoms with E-state index in [1.807, 2.05) is 11.4 Å². The fourth-order valence-corrected chi connectivity index (χ4v) is 4.16. The molecule has 1 aromatic heterocycles. The molecule has 7 nitrogen and oxygen atoms in total. The minimum absolute atomic E-state index is 0.0624. The Morgan fingerprint density at radius 3 is 2.86 bits per heavy atom. The van der Waals surface area contributed by atoms with Gasteiger partial charge in [0.1, 0.15) is 13.2 Å². The van der Waals surface area contributed by atoms with E-state index in [9.17, 15) is 9.59 Å². The second kappa shape index (κ2) is 7.79. The molecule has 1 saturated heterocycles. The zero-order chi connectivity index (χ0) is 19.7. The highest BCUT2D eigenvalue weighted by Gasteiger charge is 2.35. The molecule has 0 saturated carbocycles. The van der Waals surface area contributed by atoms with Crippen LogP contribution in [0.1, 0.15) is 36.9 Å². The van der Waals surface area contributed by atoms with E-state index in [-0.39, 0.29) is 24.2 Å². The molecule has 0 radical (unpaired) electrons. The first kappa shape index (κ1) is 18.7. The van der Waals surface area contributed by atoms with E-state index >= 15 is 0 Å². The number of carbonyl (C=O) groups is 2. The summed E-state index contributed by atoms with van der Waals surface area (Å²) in [6.45, 7) is 5.95. The molecular formula is C20H23N3O4S. The van der Waals surface area contributed by atoms with Crippen molar-refractivity contribution >= 4 is 28.8 Å². The van der Waals surface area contributed by atoms with Crippen molar-refractivity contribution in [1.29, 1.82) is 0 Å². The van der Waals surface area contributed by atoms with Crippen LogP contribution >= 0.6 is 11.3 Å². The maximum Gasteiger partial charge on any atom is 0.227 e. The van der Waals surface area contributed by atoms with E-state index in [2.05, 4.69) is 24.1 Å². The number of aromatic nitrogens is 1. The van der Waals surface area contributed by atoms with Gasteiger partial charge in [0.25, 0.3) is 0 Å². The number of hydrogen-bond acceptors (Lipinski definition) is 6. The average molecular weight is 401 g/mol. The Bertz CT molecular complexity index is 895. The molecule has 2 aliphatic rings. The van der Waals surface area contributed by atoms with Crippen LogP contribution in [0.25, 0.3) is 0 Å². The lowest BCUT2D eigenvalue weighted by atomic mass is 10.1. The first-order chi connectivity index (χ1) is 13.5. The summed E-state index contributed by atoms with van der Waals surface area (Å²) in [7, 11) is 0. The summed E-state index contributed by atoms with van der Waals surface area (Å²) >= 11 is 1.60. The largest absolute Gasteiger partial charge is 0.486 e. The second-order valence-electron chi connectivity index (χ2n) is 7.28. The maximum absolute atomic E-state index is 12.6. The van der Waals surface area contributed by atoms with Gasteiger partial charge in [-0.2, -0.15) is 0 Å². The van der Waals surface area contributed by atoms with E-state index in [4.69, 9.17) is 9.47 Å². The summed E-state index contributed by atoms with van der Waals surface area (Å²) in [5, 5.41) is 5.95. The van der Waals surface area contributed by atoms with Gasteiger partial charge in [-0.3, -0.25) is 9.59 Å². The molecule has 2 amide bonds. The van der Waals surface area contributed by atoms with Crippen molar-refractivity contribution in [2.24, 2.45) is 5.92 Å². The summed E-state index contributed by atoms with van der Waals surface area (Å²) < 4.78 is 11.1. The van der Waals surface area contributed by atoms with E-state index in [0.29, 0.717) is 43.7 Å². The Labute approximate surface area is 167 Å². The molecule has 1 unspecified atom stereocenters. The number of anilines is 1. The molecule has 28 heavy (non-hydrogen) atoms. The minimum atomic E-state index is -0.371. The number of nitrogens with zero attached hydrogens (tertiary/aromatic N) is 2. The summed E-state index contributed by atoms with van der Waals surface area (Å²) in [5.74, 6) is 1.14. The topological polar surface area (TPSA) is 80.8 Å². The summed E-state index contributed by atoms with van der Waals surface area (Å²) in [6.07, 6.45) is 0.203. The first-order valence-corrected chi connectivity index (χ1v) is 10.3. The van der Waals surface area contributed by atoms with Crippen molar-refractivity contribution in [3.8, 4) is 11.5 Å². The van der Waals surface area contributed by atoms with Crippen LogP contribution in [0.5, 0.6) is 11.5 Å². The SMILES string of the molecule is CC(C)c1nc(CNC(=O)C2CC(=O)N(c3ccc4c(c3)OCCO4)C2)cs1. The van der Waals surface area contributed by atoms with Crippen LogP contribution in [0.2, 0.25) is 0 Å². The number of hydrogen-bond donors (Lipinski definition) is 1. The van der Waals surface area contributed by atoms with Gasteiger partial charge in [0.05, 0.1) is 23.2 Å². The predicted molar refractivity (Wildman–Crippen MR) is 106 cm³/mol. The van der Waals surface area contributed by atoms with Crippen molar-refractivity contribution in [3.05, 3.63) is 34.3 Å². The van der Waals surface area contributed by atoms with Crippen LogP contribution < -0.4 is 19.7 Å². The lowest BCUT2D eigenvalue weighted by Gasteiger charge is -2.22. The Hall–Kier alpha value is -2.61.